The van der Waals surface area contributed by atoms with Crippen LogP contribution in [0.5, 0.6) is 5.75 Å². The van der Waals surface area contributed by atoms with Crippen LogP contribution in [0.2, 0.25) is 0 Å². The summed E-state index contributed by atoms with van der Waals surface area (Å²) in [6.45, 7) is 5.70. The molecule has 3 heterocycles. The van der Waals surface area contributed by atoms with Gasteiger partial charge in [-0.15, -0.1) is 0 Å². The minimum atomic E-state index is -2.45. The van der Waals surface area contributed by atoms with Crippen LogP contribution >= 0.6 is 0 Å². The van der Waals surface area contributed by atoms with Gasteiger partial charge in [-0.3, -0.25) is 4.79 Å². The summed E-state index contributed by atoms with van der Waals surface area (Å²) in [6.07, 6.45) is -0.0920. The van der Waals surface area contributed by atoms with Crippen LogP contribution in [0, 0.1) is 12.8 Å². The first-order valence-corrected chi connectivity index (χ1v) is 11.0. The number of hydrogen-bond donors (Lipinski definition) is 1. The van der Waals surface area contributed by atoms with Gasteiger partial charge in [-0.2, -0.15) is 5.10 Å². The molecule has 31 heavy (non-hydrogen) atoms. The van der Waals surface area contributed by atoms with E-state index in [0.717, 1.165) is 29.8 Å². The minimum absolute atomic E-state index is 0.0223. The Morgan fingerprint density at radius 1 is 1.26 bits per heavy atom. The Balaban J connectivity index is 1.32. The maximum atomic E-state index is 13.6. The van der Waals surface area contributed by atoms with Gasteiger partial charge >= 0.3 is 0 Å². The van der Waals surface area contributed by atoms with Crippen molar-refractivity contribution in [2.45, 2.75) is 58.0 Å². The molecule has 0 bridgehead atoms. The number of alkyl halides is 2. The van der Waals surface area contributed by atoms with Gasteiger partial charge in [0.15, 0.2) is 0 Å². The normalized spacial score (nSPS) is 21.6. The molecule has 2 aliphatic heterocycles. The van der Waals surface area contributed by atoms with E-state index < -0.39 is 12.5 Å². The summed E-state index contributed by atoms with van der Waals surface area (Å²) in [6, 6.07) is 8.55. The molecule has 0 unspecified atom stereocenters. The van der Waals surface area contributed by atoms with Crippen LogP contribution < -0.4 is 10.1 Å². The highest BCUT2D eigenvalue weighted by molar-refractivity contribution is 5.78. The number of hydrogen-bond acceptors (Lipinski definition) is 4. The third-order valence-corrected chi connectivity index (χ3v) is 6.34. The second-order valence-corrected chi connectivity index (χ2v) is 8.48. The van der Waals surface area contributed by atoms with E-state index in [9.17, 15) is 13.6 Å². The quantitative estimate of drug-likeness (QED) is 0.748. The number of ether oxygens (including phenoxy) is 1. The molecular formula is C23H30F2N4O2. The number of benzene rings is 1. The van der Waals surface area contributed by atoms with Gasteiger partial charge in [-0.25, -0.2) is 13.5 Å². The van der Waals surface area contributed by atoms with Crippen LogP contribution in [0.3, 0.4) is 0 Å². The molecule has 1 saturated heterocycles. The molecule has 2 aliphatic rings. The zero-order valence-corrected chi connectivity index (χ0v) is 18.1. The maximum Gasteiger partial charge on any atom is 0.260 e. The van der Waals surface area contributed by atoms with Gasteiger partial charge < -0.3 is 15.0 Å². The Hall–Kier alpha value is -2.64. The van der Waals surface area contributed by atoms with E-state index in [1.807, 2.05) is 49.1 Å². The van der Waals surface area contributed by atoms with Gasteiger partial charge in [-0.1, -0.05) is 12.1 Å². The Bertz CT molecular complexity index is 891. The summed E-state index contributed by atoms with van der Waals surface area (Å²) >= 11 is 0. The van der Waals surface area contributed by atoms with Gasteiger partial charge in [0.25, 0.3) is 6.43 Å². The fourth-order valence-corrected chi connectivity index (χ4v) is 4.71. The van der Waals surface area contributed by atoms with Gasteiger partial charge in [-0.05, 0) is 56.7 Å². The first-order valence-electron chi connectivity index (χ1n) is 11.0. The van der Waals surface area contributed by atoms with Crippen LogP contribution in [0.4, 0.5) is 14.6 Å². The zero-order valence-electron chi connectivity index (χ0n) is 18.1. The van der Waals surface area contributed by atoms with Gasteiger partial charge in [0, 0.05) is 25.2 Å². The Morgan fingerprint density at radius 3 is 2.61 bits per heavy atom. The second kappa shape index (κ2) is 9.24. The molecule has 1 aromatic carbocycles. The molecule has 1 fully saturated rings. The molecule has 0 radical (unpaired) electrons. The van der Waals surface area contributed by atoms with Crippen molar-refractivity contribution in [1.82, 2.24) is 14.7 Å². The molecule has 1 aromatic heterocycles. The fraction of sp³-hybridized carbons (Fsp3) is 0.565. The summed E-state index contributed by atoms with van der Waals surface area (Å²) in [7, 11) is 0. The molecule has 2 aromatic rings. The van der Waals surface area contributed by atoms with Crippen LogP contribution in [0.1, 0.15) is 43.5 Å². The number of aromatic nitrogens is 2. The van der Waals surface area contributed by atoms with Crippen LogP contribution in [-0.2, 0) is 11.2 Å². The summed E-state index contributed by atoms with van der Waals surface area (Å²) in [5.41, 5.74) is 1.71. The van der Waals surface area contributed by atoms with E-state index in [1.165, 1.54) is 4.68 Å². The van der Waals surface area contributed by atoms with E-state index in [-0.39, 0.29) is 17.9 Å². The number of amides is 1. The molecule has 4 rings (SSSR count). The third-order valence-electron chi connectivity index (χ3n) is 6.34. The van der Waals surface area contributed by atoms with Crippen LogP contribution in [0.15, 0.2) is 30.3 Å². The molecule has 1 amide bonds. The lowest BCUT2D eigenvalue weighted by molar-refractivity contribution is -0.131. The molecule has 8 heteroatoms. The molecule has 2 atom stereocenters. The number of aryl methyl sites for hydroxylation is 1. The Morgan fingerprint density at radius 2 is 1.97 bits per heavy atom. The van der Waals surface area contributed by atoms with Crippen molar-refractivity contribution in [2.75, 3.05) is 25.0 Å². The molecule has 168 valence electrons. The summed E-state index contributed by atoms with van der Waals surface area (Å²) in [5, 5.41) is 7.66. The highest BCUT2D eigenvalue weighted by Crippen LogP contribution is 2.37. The van der Waals surface area contributed by atoms with E-state index in [2.05, 4.69) is 10.4 Å². The number of carbonyl (C=O) groups is 1. The molecule has 6 nitrogen and oxygen atoms in total. The summed E-state index contributed by atoms with van der Waals surface area (Å²) in [5.74, 6) is 1.85. The number of carbonyl (C=O) groups excluding carboxylic acids is 1. The van der Waals surface area contributed by atoms with Crippen molar-refractivity contribution >= 4 is 11.7 Å². The van der Waals surface area contributed by atoms with Crippen molar-refractivity contribution in [2.24, 2.45) is 5.92 Å². The number of nitrogens with one attached hydrogen (secondary N) is 1. The van der Waals surface area contributed by atoms with Crippen molar-refractivity contribution in [3.8, 4) is 5.75 Å². The van der Waals surface area contributed by atoms with E-state index in [1.54, 1.807) is 0 Å². The number of halogens is 2. The predicted octanol–water partition coefficient (Wildman–Crippen LogP) is 4.06. The van der Waals surface area contributed by atoms with Gasteiger partial charge in [0.05, 0.1) is 18.7 Å². The largest absolute Gasteiger partial charge is 0.494 e. The maximum absolute atomic E-state index is 13.6. The molecular weight excluding hydrogens is 402 g/mol. The lowest BCUT2D eigenvalue weighted by Gasteiger charge is -2.40. The number of fused-ring (bicyclic) bond motifs is 1. The average molecular weight is 433 g/mol. The summed E-state index contributed by atoms with van der Waals surface area (Å²) < 4.78 is 34.2. The molecule has 0 spiro atoms. The van der Waals surface area contributed by atoms with Crippen molar-refractivity contribution in [1.29, 1.82) is 0 Å². The average Bonchev–Trinajstić information content (AvgIpc) is 3.14. The zero-order chi connectivity index (χ0) is 22.0. The highest BCUT2D eigenvalue weighted by atomic mass is 19.3. The predicted molar refractivity (Wildman–Crippen MR) is 115 cm³/mol. The van der Waals surface area contributed by atoms with Gasteiger partial charge in [0.2, 0.25) is 5.91 Å². The lowest BCUT2D eigenvalue weighted by atomic mass is 9.85. The SMILES string of the molecule is CCOc1ccc(CC(=O)N2CCC([C@@H]3C[C@H](C(F)F)n4nc(C)cc4N3)CC2)cc1. The van der Waals surface area contributed by atoms with E-state index in [4.69, 9.17) is 4.74 Å². The van der Waals surface area contributed by atoms with Crippen molar-refractivity contribution in [3.05, 3.63) is 41.6 Å². The van der Waals surface area contributed by atoms with Gasteiger partial charge in [0.1, 0.15) is 17.6 Å². The smallest absolute Gasteiger partial charge is 0.260 e. The van der Waals surface area contributed by atoms with Crippen molar-refractivity contribution in [3.63, 3.8) is 0 Å². The van der Waals surface area contributed by atoms with E-state index in [0.29, 0.717) is 38.4 Å². The van der Waals surface area contributed by atoms with Crippen LogP contribution in [0.25, 0.3) is 0 Å². The third kappa shape index (κ3) is 4.83. The Labute approximate surface area is 181 Å². The van der Waals surface area contributed by atoms with Crippen LogP contribution in [-0.4, -0.2) is 52.8 Å². The number of nitrogens with zero attached hydrogens (tertiary/aromatic N) is 3. The Kier molecular flexibility index (Phi) is 6.43. The minimum Gasteiger partial charge on any atom is -0.494 e. The molecule has 0 saturated carbocycles. The summed E-state index contributed by atoms with van der Waals surface area (Å²) in [4.78, 5) is 14.6. The number of rotatable bonds is 6. The number of anilines is 1. The first-order chi connectivity index (χ1) is 14.9. The first kappa shape index (κ1) is 21.6. The fourth-order valence-electron chi connectivity index (χ4n) is 4.71. The van der Waals surface area contributed by atoms with E-state index >= 15 is 0 Å². The number of likely N-dealkylation sites (tertiary alicyclic amines) is 1. The monoisotopic (exact) mass is 432 g/mol. The lowest BCUT2D eigenvalue weighted by Crippen LogP contribution is -2.46. The highest BCUT2D eigenvalue weighted by Gasteiger charge is 2.38. The van der Waals surface area contributed by atoms with Crippen molar-refractivity contribution < 1.29 is 18.3 Å². The number of piperidine rings is 1. The standard InChI is InChI=1S/C23H30F2N4O2/c1-3-31-18-6-4-16(5-7-18)13-22(30)28-10-8-17(9-11-28)19-14-20(23(24)25)29-21(26-19)12-15(2)27-29/h4-7,12,17,19-20,23,26H,3,8-11,13-14H2,1-2H3/t19-,20+/m0/s1. The second-order valence-electron chi connectivity index (χ2n) is 8.48. The molecule has 0 aliphatic carbocycles. The topological polar surface area (TPSA) is 59.4 Å². The molecule has 1 N–H and O–H groups in total.